The fraction of sp³-hybridized carbons (Fsp3) is 0.211. The van der Waals surface area contributed by atoms with Gasteiger partial charge in [-0.2, -0.15) is 0 Å². The number of imidazole rings is 1. The summed E-state index contributed by atoms with van der Waals surface area (Å²) in [5.41, 5.74) is 3.20. The Hall–Kier alpha value is -2.80. The number of nitrogens with zero attached hydrogens (tertiary/aromatic N) is 4. The van der Waals surface area contributed by atoms with Gasteiger partial charge in [0.15, 0.2) is 5.16 Å². The van der Waals surface area contributed by atoms with Gasteiger partial charge in [0.2, 0.25) is 5.78 Å². The molecule has 4 rings (SSSR count). The fourth-order valence-corrected chi connectivity index (χ4v) is 3.97. The van der Waals surface area contributed by atoms with E-state index in [0.717, 1.165) is 16.8 Å². The summed E-state index contributed by atoms with van der Waals surface area (Å²) in [6, 6.07) is 18.2. The van der Waals surface area contributed by atoms with Gasteiger partial charge in [-0.3, -0.25) is 9.20 Å². The number of hydrogen-bond donors (Lipinski definition) is 1. The van der Waals surface area contributed by atoms with Gasteiger partial charge in [-0.25, -0.2) is 0 Å². The van der Waals surface area contributed by atoms with Crippen molar-refractivity contribution in [3.8, 4) is 0 Å². The molecule has 0 fully saturated rings. The van der Waals surface area contributed by atoms with Crippen LogP contribution in [0.4, 0.5) is 0 Å². The van der Waals surface area contributed by atoms with Crippen LogP contribution in [-0.2, 0) is 11.3 Å². The second-order valence-corrected chi connectivity index (χ2v) is 7.20. The molecule has 4 aromatic rings. The van der Waals surface area contributed by atoms with Crippen LogP contribution in [0.2, 0.25) is 0 Å². The van der Waals surface area contributed by atoms with Crippen LogP contribution in [0.15, 0.2) is 59.8 Å². The highest BCUT2D eigenvalue weighted by molar-refractivity contribution is 8.00. The molecule has 0 bridgehead atoms. The molecule has 2 heterocycles. The number of carbonyl (C=O) groups is 1. The number of carboxylic acids is 1. The average Bonchev–Trinajstić information content (AvgIpc) is 3.20. The van der Waals surface area contributed by atoms with Gasteiger partial charge in [0.1, 0.15) is 5.25 Å². The van der Waals surface area contributed by atoms with Gasteiger partial charge in [0.25, 0.3) is 0 Å². The summed E-state index contributed by atoms with van der Waals surface area (Å²) in [7, 11) is 0. The van der Waals surface area contributed by atoms with Crippen molar-refractivity contribution in [1.82, 2.24) is 19.2 Å². The molecular weight excluding hydrogens is 348 g/mol. The Balaban J connectivity index is 1.86. The number of aromatic nitrogens is 4. The topological polar surface area (TPSA) is 72.4 Å². The minimum atomic E-state index is -0.831. The van der Waals surface area contributed by atoms with Crippen molar-refractivity contribution in [1.29, 1.82) is 0 Å². The zero-order valence-electron chi connectivity index (χ0n) is 14.2. The molecule has 0 aliphatic rings. The van der Waals surface area contributed by atoms with Gasteiger partial charge in [0.05, 0.1) is 17.6 Å². The minimum Gasteiger partial charge on any atom is -0.480 e. The van der Waals surface area contributed by atoms with E-state index in [1.165, 1.54) is 17.3 Å². The third-order valence-corrected chi connectivity index (χ3v) is 5.64. The lowest BCUT2D eigenvalue weighted by atomic mass is 10.2. The van der Waals surface area contributed by atoms with Crippen LogP contribution in [0.1, 0.15) is 18.9 Å². The van der Waals surface area contributed by atoms with E-state index in [-0.39, 0.29) is 0 Å². The maximum Gasteiger partial charge on any atom is 0.317 e. The van der Waals surface area contributed by atoms with Crippen LogP contribution in [0.3, 0.4) is 0 Å². The molecule has 0 saturated heterocycles. The smallest absolute Gasteiger partial charge is 0.317 e. The number of carboxylic acid groups (broad SMARTS) is 1. The summed E-state index contributed by atoms with van der Waals surface area (Å²) in [5.74, 6) is -0.111. The molecule has 2 aromatic carbocycles. The molecule has 0 aliphatic carbocycles. The highest BCUT2D eigenvalue weighted by Gasteiger charge is 2.23. The molecule has 26 heavy (non-hydrogen) atoms. The van der Waals surface area contributed by atoms with Gasteiger partial charge in [-0.15, -0.1) is 10.2 Å². The van der Waals surface area contributed by atoms with Gasteiger partial charge in [-0.1, -0.05) is 61.2 Å². The van der Waals surface area contributed by atoms with Gasteiger partial charge < -0.3 is 9.67 Å². The summed E-state index contributed by atoms with van der Waals surface area (Å²) in [6.07, 6.45) is 0.525. The number of para-hydroxylation sites is 2. The van der Waals surface area contributed by atoms with Crippen LogP contribution in [0.5, 0.6) is 0 Å². The molecule has 0 radical (unpaired) electrons. The lowest BCUT2D eigenvalue weighted by Gasteiger charge is -2.06. The monoisotopic (exact) mass is 366 g/mol. The van der Waals surface area contributed by atoms with Crippen molar-refractivity contribution >= 4 is 34.5 Å². The largest absolute Gasteiger partial charge is 0.480 e. The van der Waals surface area contributed by atoms with Crippen LogP contribution in [-0.4, -0.2) is 35.5 Å². The molecule has 1 atom stereocenters. The lowest BCUT2D eigenvalue weighted by Crippen LogP contribution is -2.15. The second kappa shape index (κ2) is 6.84. The Morgan fingerprint density at radius 1 is 1.08 bits per heavy atom. The van der Waals surface area contributed by atoms with Crippen molar-refractivity contribution in [2.24, 2.45) is 0 Å². The highest BCUT2D eigenvalue weighted by atomic mass is 32.2. The molecule has 2 aromatic heterocycles. The molecule has 0 amide bonds. The standard InChI is InChI=1S/C19H18N4O2S/c1-2-16(17(24)25)26-19-21-20-18-22(12-13-8-4-3-5-9-13)14-10-6-7-11-15(14)23(18)19/h3-11,16H,2,12H2,1H3,(H,24,25). The molecule has 7 heteroatoms. The molecule has 6 nitrogen and oxygen atoms in total. The van der Waals surface area contributed by atoms with Crippen molar-refractivity contribution in [3.63, 3.8) is 0 Å². The number of aliphatic carboxylic acids is 1. The third-order valence-electron chi connectivity index (χ3n) is 4.35. The Bertz CT molecular complexity index is 1070. The van der Waals surface area contributed by atoms with E-state index in [1.807, 2.05) is 47.7 Å². The molecule has 1 unspecified atom stereocenters. The van der Waals surface area contributed by atoms with E-state index in [9.17, 15) is 9.90 Å². The number of rotatable bonds is 6. The summed E-state index contributed by atoms with van der Waals surface area (Å²) < 4.78 is 4.07. The first-order valence-corrected chi connectivity index (χ1v) is 9.32. The SMILES string of the molecule is CCC(Sc1nnc2n(Cc3ccccc3)c3ccccc3n12)C(=O)O. The van der Waals surface area contributed by atoms with Crippen molar-refractivity contribution in [3.05, 3.63) is 60.2 Å². The van der Waals surface area contributed by atoms with E-state index < -0.39 is 11.2 Å². The quantitative estimate of drug-likeness (QED) is 0.527. The zero-order valence-corrected chi connectivity index (χ0v) is 15.1. The normalized spacial score (nSPS) is 12.7. The number of fused-ring (bicyclic) bond motifs is 3. The van der Waals surface area contributed by atoms with Gasteiger partial charge in [-0.05, 0) is 24.1 Å². The number of benzene rings is 2. The fourth-order valence-electron chi connectivity index (χ4n) is 3.07. The predicted octanol–water partition coefficient (Wildman–Crippen LogP) is 3.69. The van der Waals surface area contributed by atoms with E-state index in [1.54, 1.807) is 0 Å². The molecule has 0 spiro atoms. The predicted molar refractivity (Wildman–Crippen MR) is 102 cm³/mol. The first-order chi connectivity index (χ1) is 12.7. The highest BCUT2D eigenvalue weighted by Crippen LogP contribution is 2.29. The molecular formula is C19H18N4O2S. The maximum atomic E-state index is 11.4. The second-order valence-electron chi connectivity index (χ2n) is 6.03. The van der Waals surface area contributed by atoms with Crippen molar-refractivity contribution in [2.75, 3.05) is 0 Å². The number of hydrogen-bond acceptors (Lipinski definition) is 4. The lowest BCUT2D eigenvalue weighted by molar-refractivity contribution is -0.136. The Morgan fingerprint density at radius 2 is 1.77 bits per heavy atom. The van der Waals surface area contributed by atoms with E-state index in [2.05, 4.69) is 33.0 Å². The van der Waals surface area contributed by atoms with Crippen molar-refractivity contribution < 1.29 is 9.90 Å². The van der Waals surface area contributed by atoms with Crippen LogP contribution < -0.4 is 0 Å². The van der Waals surface area contributed by atoms with Crippen LogP contribution in [0.25, 0.3) is 16.8 Å². The molecule has 0 saturated carbocycles. The van der Waals surface area contributed by atoms with Gasteiger partial charge in [0, 0.05) is 0 Å². The first kappa shape index (κ1) is 16.7. The molecule has 132 valence electrons. The summed E-state index contributed by atoms with van der Waals surface area (Å²) in [4.78, 5) is 11.4. The van der Waals surface area contributed by atoms with E-state index in [0.29, 0.717) is 18.1 Å². The van der Waals surface area contributed by atoms with E-state index >= 15 is 0 Å². The Kier molecular flexibility index (Phi) is 4.38. The molecule has 0 aliphatic heterocycles. The van der Waals surface area contributed by atoms with Crippen molar-refractivity contribution in [2.45, 2.75) is 30.3 Å². The van der Waals surface area contributed by atoms with Crippen LogP contribution >= 0.6 is 11.8 Å². The number of thioether (sulfide) groups is 1. The summed E-state index contributed by atoms with van der Waals surface area (Å²) in [5, 5.41) is 18.1. The van der Waals surface area contributed by atoms with Crippen LogP contribution in [0, 0.1) is 0 Å². The van der Waals surface area contributed by atoms with E-state index in [4.69, 9.17) is 0 Å². The Morgan fingerprint density at radius 3 is 2.46 bits per heavy atom. The summed E-state index contributed by atoms with van der Waals surface area (Å²) >= 11 is 1.24. The Labute approximate surface area is 154 Å². The summed E-state index contributed by atoms with van der Waals surface area (Å²) in [6.45, 7) is 2.54. The zero-order chi connectivity index (χ0) is 18.1. The molecule has 1 N–H and O–H groups in total. The minimum absolute atomic E-state index is 0.525. The van der Waals surface area contributed by atoms with Gasteiger partial charge >= 0.3 is 5.97 Å². The average molecular weight is 366 g/mol. The third kappa shape index (κ3) is 2.84. The maximum absolute atomic E-state index is 11.4. The first-order valence-electron chi connectivity index (χ1n) is 8.44.